The zero-order valence-corrected chi connectivity index (χ0v) is 9.64. The quantitative estimate of drug-likeness (QED) is 0.616. The maximum absolute atomic E-state index is 5.00. The molecule has 2 nitrogen and oxygen atoms in total. The lowest BCUT2D eigenvalue weighted by molar-refractivity contribution is 0.244. The molecule has 76 valence electrons. The zero-order valence-electron chi connectivity index (χ0n) is 9.64. The zero-order chi connectivity index (χ0) is 10.5. The lowest BCUT2D eigenvalue weighted by atomic mass is 9.92. The van der Waals surface area contributed by atoms with Crippen LogP contribution in [0.15, 0.2) is 16.8 Å². The van der Waals surface area contributed by atoms with E-state index in [9.17, 15) is 0 Å². The van der Waals surface area contributed by atoms with E-state index in [4.69, 9.17) is 4.74 Å². The van der Waals surface area contributed by atoms with Crippen molar-refractivity contribution in [3.63, 3.8) is 0 Å². The van der Waals surface area contributed by atoms with Crippen molar-refractivity contribution >= 4 is 5.71 Å². The molecule has 0 atom stereocenters. The molecule has 0 aromatic heterocycles. The first-order chi connectivity index (χ1) is 5.91. The monoisotopic (exact) mass is 183 g/mol. The Balaban J connectivity index is 4.56. The van der Waals surface area contributed by atoms with Crippen LogP contribution in [-0.4, -0.2) is 19.4 Å². The second-order valence-electron chi connectivity index (χ2n) is 4.20. The number of methoxy groups -OCH3 is 1. The van der Waals surface area contributed by atoms with E-state index in [0.717, 1.165) is 11.4 Å². The highest BCUT2D eigenvalue weighted by atomic mass is 16.5. The predicted octanol–water partition coefficient (Wildman–Crippen LogP) is 3.04. The first kappa shape index (κ1) is 12.4. The van der Waals surface area contributed by atoms with Crippen molar-refractivity contribution in [1.82, 2.24) is 0 Å². The highest BCUT2D eigenvalue weighted by Gasteiger charge is 2.15. The number of rotatable bonds is 3. The number of aliphatic imine (C=N–C) groups is 1. The van der Waals surface area contributed by atoms with Gasteiger partial charge < -0.3 is 4.74 Å². The molecule has 0 aliphatic heterocycles. The van der Waals surface area contributed by atoms with Crippen LogP contribution in [-0.2, 0) is 4.74 Å². The highest BCUT2D eigenvalue weighted by molar-refractivity contribution is 5.84. The summed E-state index contributed by atoms with van der Waals surface area (Å²) in [5.41, 5.74) is 2.25. The van der Waals surface area contributed by atoms with Crippen molar-refractivity contribution in [3.05, 3.63) is 11.8 Å². The SMILES string of the molecule is C/C=C(\N=C(/C)COC)C(C)(C)C. The topological polar surface area (TPSA) is 21.6 Å². The second kappa shape index (κ2) is 5.18. The van der Waals surface area contributed by atoms with Crippen LogP contribution in [0.2, 0.25) is 0 Å². The van der Waals surface area contributed by atoms with Crippen molar-refractivity contribution in [1.29, 1.82) is 0 Å². The molecule has 0 aromatic rings. The number of hydrogen-bond donors (Lipinski definition) is 0. The Morgan fingerprint density at radius 3 is 2.23 bits per heavy atom. The molecular formula is C11H21NO. The standard InChI is InChI=1S/C11H21NO/c1-7-10(11(3,4)5)12-9(2)8-13-6/h7H,8H2,1-6H3/b10-7-,12-9+. The second-order valence-corrected chi connectivity index (χ2v) is 4.20. The third-order valence-electron chi connectivity index (χ3n) is 1.71. The minimum absolute atomic E-state index is 0.115. The van der Waals surface area contributed by atoms with Gasteiger partial charge in [0.05, 0.1) is 6.61 Å². The van der Waals surface area contributed by atoms with Crippen molar-refractivity contribution in [3.8, 4) is 0 Å². The average Bonchev–Trinajstić information content (AvgIpc) is 1.98. The van der Waals surface area contributed by atoms with Gasteiger partial charge in [-0.25, -0.2) is 0 Å². The predicted molar refractivity (Wildman–Crippen MR) is 58.2 cm³/mol. The molecule has 0 unspecified atom stereocenters. The van der Waals surface area contributed by atoms with Gasteiger partial charge in [-0.1, -0.05) is 26.8 Å². The minimum Gasteiger partial charge on any atom is -0.379 e. The number of ether oxygens (including phenoxy) is 1. The van der Waals surface area contributed by atoms with Gasteiger partial charge in [-0.15, -0.1) is 0 Å². The molecule has 13 heavy (non-hydrogen) atoms. The van der Waals surface area contributed by atoms with Gasteiger partial charge in [-0.3, -0.25) is 4.99 Å². The van der Waals surface area contributed by atoms with Crippen LogP contribution >= 0.6 is 0 Å². The van der Waals surface area contributed by atoms with Crippen molar-refractivity contribution in [2.75, 3.05) is 13.7 Å². The van der Waals surface area contributed by atoms with E-state index in [0.29, 0.717) is 6.61 Å². The maximum atomic E-state index is 5.00. The van der Waals surface area contributed by atoms with Gasteiger partial charge in [0, 0.05) is 23.9 Å². The normalized spacial score (nSPS) is 14.9. The Morgan fingerprint density at radius 1 is 1.38 bits per heavy atom. The van der Waals surface area contributed by atoms with E-state index in [1.165, 1.54) is 0 Å². The molecule has 0 saturated heterocycles. The molecule has 0 saturated carbocycles. The molecule has 0 N–H and O–H groups in total. The molecule has 0 aliphatic rings. The molecule has 0 radical (unpaired) electrons. The summed E-state index contributed by atoms with van der Waals surface area (Å²) in [5.74, 6) is 0. The molecule has 0 aromatic carbocycles. The molecule has 0 heterocycles. The van der Waals surface area contributed by atoms with E-state index in [1.807, 2.05) is 13.8 Å². The fourth-order valence-corrected chi connectivity index (χ4v) is 1.11. The Morgan fingerprint density at radius 2 is 1.92 bits per heavy atom. The molecule has 0 bridgehead atoms. The van der Waals surface area contributed by atoms with E-state index in [2.05, 4.69) is 31.8 Å². The molecule has 0 aliphatic carbocycles. The Labute approximate surface area is 81.7 Å². The molecular weight excluding hydrogens is 162 g/mol. The van der Waals surface area contributed by atoms with Crippen molar-refractivity contribution in [2.45, 2.75) is 34.6 Å². The fourth-order valence-electron chi connectivity index (χ4n) is 1.11. The van der Waals surface area contributed by atoms with Gasteiger partial charge in [0.1, 0.15) is 0 Å². The number of hydrogen-bond acceptors (Lipinski definition) is 2. The Bertz CT molecular complexity index is 209. The van der Waals surface area contributed by atoms with Crippen molar-refractivity contribution < 1.29 is 4.74 Å². The number of allylic oxidation sites excluding steroid dienone is 2. The average molecular weight is 183 g/mol. The minimum atomic E-state index is 0.115. The van der Waals surface area contributed by atoms with Crippen LogP contribution < -0.4 is 0 Å². The lowest BCUT2D eigenvalue weighted by Gasteiger charge is -2.19. The summed E-state index contributed by atoms with van der Waals surface area (Å²) in [4.78, 5) is 4.51. The van der Waals surface area contributed by atoms with Crippen LogP contribution in [0.3, 0.4) is 0 Å². The molecule has 0 amide bonds. The van der Waals surface area contributed by atoms with Crippen LogP contribution in [0.4, 0.5) is 0 Å². The maximum Gasteiger partial charge on any atom is 0.0842 e. The molecule has 0 spiro atoms. The fraction of sp³-hybridized carbons (Fsp3) is 0.727. The summed E-state index contributed by atoms with van der Waals surface area (Å²) in [6, 6.07) is 0. The van der Waals surface area contributed by atoms with Crippen LogP contribution in [0.1, 0.15) is 34.6 Å². The van der Waals surface area contributed by atoms with E-state index >= 15 is 0 Å². The smallest absolute Gasteiger partial charge is 0.0842 e. The number of nitrogens with zero attached hydrogens (tertiary/aromatic N) is 1. The summed E-state index contributed by atoms with van der Waals surface area (Å²) >= 11 is 0. The third kappa shape index (κ3) is 4.83. The largest absolute Gasteiger partial charge is 0.379 e. The first-order valence-electron chi connectivity index (χ1n) is 4.61. The van der Waals surface area contributed by atoms with Crippen LogP contribution in [0.25, 0.3) is 0 Å². The molecule has 2 heteroatoms. The Kier molecular flexibility index (Phi) is 4.92. The van der Waals surface area contributed by atoms with Crippen LogP contribution in [0.5, 0.6) is 0 Å². The van der Waals surface area contributed by atoms with Gasteiger partial charge in [-0.05, 0) is 13.8 Å². The van der Waals surface area contributed by atoms with Gasteiger partial charge in [0.15, 0.2) is 0 Å². The van der Waals surface area contributed by atoms with Gasteiger partial charge in [0.2, 0.25) is 0 Å². The van der Waals surface area contributed by atoms with E-state index < -0.39 is 0 Å². The van der Waals surface area contributed by atoms with Gasteiger partial charge in [-0.2, -0.15) is 0 Å². The summed E-state index contributed by atoms with van der Waals surface area (Å²) in [5, 5.41) is 0. The van der Waals surface area contributed by atoms with Gasteiger partial charge in [0.25, 0.3) is 0 Å². The van der Waals surface area contributed by atoms with Crippen molar-refractivity contribution in [2.24, 2.45) is 10.4 Å². The van der Waals surface area contributed by atoms with E-state index in [1.54, 1.807) is 7.11 Å². The summed E-state index contributed by atoms with van der Waals surface area (Å²) in [6.07, 6.45) is 2.05. The summed E-state index contributed by atoms with van der Waals surface area (Å²) in [7, 11) is 1.69. The van der Waals surface area contributed by atoms with Gasteiger partial charge >= 0.3 is 0 Å². The van der Waals surface area contributed by atoms with E-state index in [-0.39, 0.29) is 5.41 Å². The van der Waals surface area contributed by atoms with Crippen LogP contribution in [0, 0.1) is 5.41 Å². The molecule has 0 rings (SSSR count). The highest BCUT2D eigenvalue weighted by Crippen LogP contribution is 2.25. The summed E-state index contributed by atoms with van der Waals surface area (Å²) < 4.78 is 5.00. The third-order valence-corrected chi connectivity index (χ3v) is 1.71. The first-order valence-corrected chi connectivity index (χ1v) is 4.61. The molecule has 0 fully saturated rings. The summed E-state index contributed by atoms with van der Waals surface area (Å²) in [6.45, 7) is 11.1. The Hall–Kier alpha value is -0.630. The lowest BCUT2D eigenvalue weighted by Crippen LogP contribution is -2.11.